The molecule has 4 heteroatoms. The van der Waals surface area contributed by atoms with Crippen LogP contribution in [-0.4, -0.2) is 35.0 Å². The first-order chi connectivity index (χ1) is 7.79. The van der Waals surface area contributed by atoms with Gasteiger partial charge >= 0.3 is 0 Å². The molecule has 0 radical (unpaired) electrons. The number of fused-ring (bicyclic) bond motifs is 1. The lowest BCUT2D eigenvalue weighted by Crippen LogP contribution is -2.46. The number of thioether (sulfide) groups is 2. The SMILES string of the molecule is CSC(C)CN=C1NC2CCCCC2CS1. The molecular formula is C12H22N2S2. The van der Waals surface area contributed by atoms with Gasteiger partial charge in [-0.1, -0.05) is 31.5 Å². The Morgan fingerprint density at radius 2 is 2.31 bits per heavy atom. The number of aliphatic imine (C=N–C) groups is 1. The molecule has 1 aliphatic heterocycles. The Balaban J connectivity index is 1.84. The fourth-order valence-corrected chi connectivity index (χ4v) is 3.76. The average Bonchev–Trinajstić information content (AvgIpc) is 2.35. The maximum atomic E-state index is 4.69. The predicted octanol–water partition coefficient (Wildman–Crippen LogP) is 2.99. The molecule has 2 rings (SSSR count). The van der Waals surface area contributed by atoms with Crippen molar-refractivity contribution in [2.75, 3.05) is 18.6 Å². The molecule has 1 N–H and O–H groups in total. The van der Waals surface area contributed by atoms with Gasteiger partial charge in [0.15, 0.2) is 5.17 Å². The van der Waals surface area contributed by atoms with Crippen molar-refractivity contribution in [2.24, 2.45) is 10.9 Å². The molecule has 0 aromatic carbocycles. The summed E-state index contributed by atoms with van der Waals surface area (Å²) < 4.78 is 0. The molecule has 16 heavy (non-hydrogen) atoms. The molecule has 0 spiro atoms. The monoisotopic (exact) mass is 258 g/mol. The van der Waals surface area contributed by atoms with Crippen LogP contribution in [0.3, 0.4) is 0 Å². The maximum Gasteiger partial charge on any atom is 0.156 e. The first-order valence-corrected chi connectivity index (χ1v) is 8.53. The Morgan fingerprint density at radius 3 is 3.12 bits per heavy atom. The zero-order valence-corrected chi connectivity index (χ0v) is 11.9. The van der Waals surface area contributed by atoms with E-state index >= 15 is 0 Å². The van der Waals surface area contributed by atoms with Gasteiger partial charge in [0.05, 0.1) is 6.54 Å². The maximum absolute atomic E-state index is 4.69. The standard InChI is InChI=1S/C12H22N2S2/c1-9(15-2)7-13-12-14-11-6-4-3-5-10(11)8-16-12/h9-11H,3-8H2,1-2H3,(H,13,14). The Hall–Kier alpha value is 0.170. The van der Waals surface area contributed by atoms with Gasteiger partial charge in [0.25, 0.3) is 0 Å². The normalized spacial score (nSPS) is 34.2. The van der Waals surface area contributed by atoms with Gasteiger partial charge in [-0.15, -0.1) is 0 Å². The predicted molar refractivity (Wildman–Crippen MR) is 76.6 cm³/mol. The number of hydrogen-bond donors (Lipinski definition) is 1. The minimum atomic E-state index is 0.638. The van der Waals surface area contributed by atoms with E-state index in [0.717, 1.165) is 18.5 Å². The first kappa shape index (κ1) is 12.6. The molecule has 1 aliphatic carbocycles. The van der Waals surface area contributed by atoms with Crippen molar-refractivity contribution in [2.45, 2.75) is 43.9 Å². The second kappa shape index (κ2) is 6.20. The van der Waals surface area contributed by atoms with E-state index in [9.17, 15) is 0 Å². The topological polar surface area (TPSA) is 24.4 Å². The lowest BCUT2D eigenvalue weighted by atomic mass is 9.86. The molecule has 2 nitrogen and oxygen atoms in total. The second-order valence-electron chi connectivity index (χ2n) is 4.80. The molecule has 0 amide bonds. The third-order valence-corrected chi connectivity index (χ3v) is 5.62. The quantitative estimate of drug-likeness (QED) is 0.842. The van der Waals surface area contributed by atoms with E-state index in [4.69, 9.17) is 4.99 Å². The lowest BCUT2D eigenvalue weighted by Gasteiger charge is -2.36. The van der Waals surface area contributed by atoms with Crippen LogP contribution in [0, 0.1) is 5.92 Å². The van der Waals surface area contributed by atoms with Crippen LogP contribution in [0.2, 0.25) is 0 Å². The van der Waals surface area contributed by atoms with Crippen LogP contribution >= 0.6 is 23.5 Å². The van der Waals surface area contributed by atoms with Crippen LogP contribution in [0.1, 0.15) is 32.6 Å². The number of nitrogens with one attached hydrogen (secondary N) is 1. The molecule has 3 atom stereocenters. The highest BCUT2D eigenvalue weighted by Crippen LogP contribution is 2.31. The zero-order chi connectivity index (χ0) is 11.4. The third-order valence-electron chi connectivity index (χ3n) is 3.55. The zero-order valence-electron chi connectivity index (χ0n) is 10.2. The molecule has 1 saturated heterocycles. The van der Waals surface area contributed by atoms with Gasteiger partial charge in [-0.2, -0.15) is 11.8 Å². The van der Waals surface area contributed by atoms with Crippen LogP contribution in [0.5, 0.6) is 0 Å². The molecule has 1 heterocycles. The summed E-state index contributed by atoms with van der Waals surface area (Å²) in [5.74, 6) is 2.18. The van der Waals surface area contributed by atoms with Gasteiger partial charge in [0.2, 0.25) is 0 Å². The van der Waals surface area contributed by atoms with Gasteiger partial charge in [-0.25, -0.2) is 0 Å². The van der Waals surface area contributed by atoms with Crippen molar-refractivity contribution < 1.29 is 0 Å². The molecule has 92 valence electrons. The van der Waals surface area contributed by atoms with Gasteiger partial charge in [0.1, 0.15) is 0 Å². The van der Waals surface area contributed by atoms with E-state index in [2.05, 4.69) is 18.5 Å². The lowest BCUT2D eigenvalue weighted by molar-refractivity contribution is 0.311. The van der Waals surface area contributed by atoms with Crippen molar-refractivity contribution in [1.29, 1.82) is 0 Å². The van der Waals surface area contributed by atoms with Crippen molar-refractivity contribution in [1.82, 2.24) is 5.32 Å². The van der Waals surface area contributed by atoms with Crippen molar-refractivity contribution in [3.8, 4) is 0 Å². The number of nitrogens with zero attached hydrogens (tertiary/aromatic N) is 1. The molecule has 0 aromatic heterocycles. The summed E-state index contributed by atoms with van der Waals surface area (Å²) in [6.07, 6.45) is 7.75. The van der Waals surface area contributed by atoms with E-state index in [0.29, 0.717) is 5.25 Å². The molecule has 0 aromatic rings. The third kappa shape index (κ3) is 3.33. The van der Waals surface area contributed by atoms with E-state index in [1.807, 2.05) is 23.5 Å². The summed E-state index contributed by atoms with van der Waals surface area (Å²) in [4.78, 5) is 4.69. The van der Waals surface area contributed by atoms with Crippen LogP contribution in [-0.2, 0) is 0 Å². The summed E-state index contributed by atoms with van der Waals surface area (Å²) in [7, 11) is 0. The molecule has 2 fully saturated rings. The average molecular weight is 258 g/mol. The van der Waals surface area contributed by atoms with Crippen molar-refractivity contribution in [3.05, 3.63) is 0 Å². The Kier molecular flexibility index (Phi) is 4.89. The first-order valence-electron chi connectivity index (χ1n) is 6.26. The molecule has 0 bridgehead atoms. The Bertz CT molecular complexity index is 255. The highest BCUT2D eigenvalue weighted by molar-refractivity contribution is 8.13. The minimum Gasteiger partial charge on any atom is -0.362 e. The van der Waals surface area contributed by atoms with Crippen LogP contribution in [0.25, 0.3) is 0 Å². The smallest absolute Gasteiger partial charge is 0.156 e. The number of rotatable bonds is 3. The van der Waals surface area contributed by atoms with Crippen LogP contribution in [0.4, 0.5) is 0 Å². The Morgan fingerprint density at radius 1 is 1.50 bits per heavy atom. The fourth-order valence-electron chi connectivity index (χ4n) is 2.36. The molecule has 1 saturated carbocycles. The van der Waals surface area contributed by atoms with Crippen molar-refractivity contribution in [3.63, 3.8) is 0 Å². The van der Waals surface area contributed by atoms with E-state index in [1.165, 1.54) is 36.6 Å². The summed E-state index contributed by atoms with van der Waals surface area (Å²) in [5, 5.41) is 5.47. The van der Waals surface area contributed by atoms with E-state index in [-0.39, 0.29) is 0 Å². The number of amidine groups is 1. The summed E-state index contributed by atoms with van der Waals surface area (Å²) in [5.41, 5.74) is 0. The molecule has 2 aliphatic rings. The summed E-state index contributed by atoms with van der Waals surface area (Å²) >= 11 is 3.82. The van der Waals surface area contributed by atoms with Gasteiger partial charge in [-0.3, -0.25) is 4.99 Å². The molecule has 3 unspecified atom stereocenters. The van der Waals surface area contributed by atoms with Crippen LogP contribution < -0.4 is 5.32 Å². The summed E-state index contributed by atoms with van der Waals surface area (Å²) in [6.45, 7) is 3.19. The minimum absolute atomic E-state index is 0.638. The van der Waals surface area contributed by atoms with E-state index < -0.39 is 0 Å². The largest absolute Gasteiger partial charge is 0.362 e. The summed E-state index contributed by atoms with van der Waals surface area (Å²) in [6, 6.07) is 0.721. The van der Waals surface area contributed by atoms with Gasteiger partial charge in [-0.05, 0) is 25.0 Å². The molecular weight excluding hydrogens is 236 g/mol. The highest BCUT2D eigenvalue weighted by Gasteiger charge is 2.30. The highest BCUT2D eigenvalue weighted by atomic mass is 32.2. The second-order valence-corrected chi connectivity index (χ2v) is 7.08. The Labute approximate surface area is 107 Å². The van der Waals surface area contributed by atoms with Gasteiger partial charge in [0, 0.05) is 17.0 Å². The van der Waals surface area contributed by atoms with Crippen LogP contribution in [0.15, 0.2) is 4.99 Å². The van der Waals surface area contributed by atoms with Gasteiger partial charge < -0.3 is 5.32 Å². The number of hydrogen-bond acceptors (Lipinski definition) is 3. The van der Waals surface area contributed by atoms with Crippen molar-refractivity contribution >= 4 is 28.7 Å². The van der Waals surface area contributed by atoms with E-state index in [1.54, 1.807) is 0 Å². The fraction of sp³-hybridized carbons (Fsp3) is 0.917.